The molecule has 1 heterocycles. The minimum absolute atomic E-state index is 0.135. The summed E-state index contributed by atoms with van der Waals surface area (Å²) in [6, 6.07) is 6.14. The van der Waals surface area contributed by atoms with E-state index < -0.39 is 0 Å². The summed E-state index contributed by atoms with van der Waals surface area (Å²) in [4.78, 5) is 0. The highest BCUT2D eigenvalue weighted by Gasteiger charge is 2.13. The fraction of sp³-hybridized carbons (Fsp3) is 0.438. The monoisotopic (exact) mass is 352 g/mol. The van der Waals surface area contributed by atoms with E-state index in [4.69, 9.17) is 15.0 Å². The van der Waals surface area contributed by atoms with Gasteiger partial charge in [-0.1, -0.05) is 28.0 Å². The van der Waals surface area contributed by atoms with E-state index >= 15 is 0 Å². The average Bonchev–Trinajstić information content (AvgIpc) is 2.83. The number of aryl methyl sites for hydroxylation is 2. The smallest absolute Gasteiger partial charge is 0.134 e. The molecule has 2 aromatic rings. The third-order valence-corrected chi connectivity index (χ3v) is 3.82. The molecule has 1 aromatic carbocycles. The van der Waals surface area contributed by atoms with E-state index in [0.717, 1.165) is 45.6 Å². The molecule has 0 fully saturated rings. The number of hydrogen-bond acceptors (Lipinski definition) is 4. The van der Waals surface area contributed by atoms with Crippen molar-refractivity contribution in [2.75, 3.05) is 0 Å². The van der Waals surface area contributed by atoms with Crippen LogP contribution in [0.3, 0.4) is 0 Å². The van der Waals surface area contributed by atoms with Crippen molar-refractivity contribution in [3.05, 3.63) is 45.3 Å². The first kappa shape index (κ1) is 16.0. The molecule has 0 saturated heterocycles. The number of hydrogen-bond donors (Lipinski definition) is 1. The predicted molar refractivity (Wildman–Crippen MR) is 86.4 cm³/mol. The lowest BCUT2D eigenvalue weighted by molar-refractivity contribution is 0.283. The van der Waals surface area contributed by atoms with Gasteiger partial charge >= 0.3 is 0 Å². The van der Waals surface area contributed by atoms with Crippen molar-refractivity contribution in [3.63, 3.8) is 0 Å². The van der Waals surface area contributed by atoms with Gasteiger partial charge in [-0.15, -0.1) is 0 Å². The van der Waals surface area contributed by atoms with Crippen LogP contribution in [0.2, 0.25) is 0 Å². The Balaban J connectivity index is 2.19. The maximum atomic E-state index is 6.09. The predicted octanol–water partition coefficient (Wildman–Crippen LogP) is 3.91. The van der Waals surface area contributed by atoms with Crippen LogP contribution < -0.4 is 10.5 Å². The van der Waals surface area contributed by atoms with E-state index in [1.165, 1.54) is 0 Å². The Morgan fingerprint density at radius 1 is 1.33 bits per heavy atom. The molecule has 114 valence electrons. The summed E-state index contributed by atoms with van der Waals surface area (Å²) in [6.07, 6.45) is 1.73. The standard InChI is InChI=1S/C16H21BrN2O2/c1-4-14(18)8-12-7-13(17)5-10(2)16(12)20-9-15-6-11(3)21-19-15/h5-7,14H,4,8-9,18H2,1-3H3. The molecule has 1 unspecified atom stereocenters. The molecule has 0 aliphatic carbocycles. The molecule has 5 heteroatoms. The Morgan fingerprint density at radius 3 is 2.71 bits per heavy atom. The van der Waals surface area contributed by atoms with Crippen molar-refractivity contribution < 1.29 is 9.26 Å². The zero-order valence-electron chi connectivity index (χ0n) is 12.6. The van der Waals surface area contributed by atoms with Gasteiger partial charge in [0.05, 0.1) is 0 Å². The Hall–Kier alpha value is -1.33. The Morgan fingerprint density at radius 2 is 2.10 bits per heavy atom. The molecule has 1 aromatic heterocycles. The summed E-state index contributed by atoms with van der Waals surface area (Å²) in [7, 11) is 0. The lowest BCUT2D eigenvalue weighted by atomic mass is 10.0. The highest BCUT2D eigenvalue weighted by atomic mass is 79.9. The van der Waals surface area contributed by atoms with Crippen molar-refractivity contribution in [2.24, 2.45) is 5.73 Å². The van der Waals surface area contributed by atoms with E-state index in [-0.39, 0.29) is 6.04 Å². The quantitative estimate of drug-likeness (QED) is 0.855. The summed E-state index contributed by atoms with van der Waals surface area (Å²) in [5.74, 6) is 1.68. The van der Waals surface area contributed by atoms with Crippen LogP contribution in [0, 0.1) is 13.8 Å². The molecule has 21 heavy (non-hydrogen) atoms. The van der Waals surface area contributed by atoms with Crippen LogP contribution in [-0.4, -0.2) is 11.2 Å². The summed E-state index contributed by atoms with van der Waals surface area (Å²) >= 11 is 3.53. The number of nitrogens with two attached hydrogens (primary N) is 1. The second-order valence-electron chi connectivity index (χ2n) is 5.30. The summed E-state index contributed by atoms with van der Waals surface area (Å²) in [6.45, 7) is 6.39. The molecule has 0 radical (unpaired) electrons. The molecule has 0 saturated carbocycles. The van der Waals surface area contributed by atoms with Gasteiger partial charge in [-0.25, -0.2) is 0 Å². The van der Waals surface area contributed by atoms with E-state index in [9.17, 15) is 0 Å². The van der Waals surface area contributed by atoms with Gasteiger partial charge in [-0.3, -0.25) is 0 Å². The first-order valence-electron chi connectivity index (χ1n) is 7.09. The van der Waals surface area contributed by atoms with E-state index in [1.54, 1.807) is 0 Å². The Kier molecular flexibility index (Phi) is 5.42. The zero-order valence-corrected chi connectivity index (χ0v) is 14.2. The van der Waals surface area contributed by atoms with Gasteiger partial charge in [0.2, 0.25) is 0 Å². The Labute approximate surface area is 133 Å². The molecule has 4 nitrogen and oxygen atoms in total. The summed E-state index contributed by atoms with van der Waals surface area (Å²) in [5, 5.41) is 3.95. The largest absolute Gasteiger partial charge is 0.487 e. The molecule has 0 bridgehead atoms. The average molecular weight is 353 g/mol. The van der Waals surface area contributed by atoms with Crippen LogP contribution in [0.1, 0.15) is 35.9 Å². The maximum Gasteiger partial charge on any atom is 0.134 e. The first-order valence-corrected chi connectivity index (χ1v) is 7.88. The molecule has 2 rings (SSSR count). The minimum Gasteiger partial charge on any atom is -0.487 e. The van der Waals surface area contributed by atoms with Crippen LogP contribution in [-0.2, 0) is 13.0 Å². The first-order chi connectivity index (χ1) is 9.99. The number of ether oxygens (including phenoxy) is 1. The number of aromatic nitrogens is 1. The van der Waals surface area contributed by atoms with Crippen molar-refractivity contribution in [1.82, 2.24) is 5.16 Å². The van der Waals surface area contributed by atoms with Gasteiger partial charge in [0.15, 0.2) is 0 Å². The highest BCUT2D eigenvalue weighted by molar-refractivity contribution is 9.10. The summed E-state index contributed by atoms with van der Waals surface area (Å²) in [5.41, 5.74) is 9.09. The third kappa shape index (κ3) is 4.32. The van der Waals surface area contributed by atoms with Crippen LogP contribution in [0.25, 0.3) is 0 Å². The molecule has 1 atom stereocenters. The van der Waals surface area contributed by atoms with Crippen molar-refractivity contribution >= 4 is 15.9 Å². The second-order valence-corrected chi connectivity index (χ2v) is 6.22. The van der Waals surface area contributed by atoms with Gasteiger partial charge < -0.3 is 15.0 Å². The number of benzene rings is 1. The molecular weight excluding hydrogens is 332 g/mol. The van der Waals surface area contributed by atoms with Crippen molar-refractivity contribution in [2.45, 2.75) is 46.3 Å². The van der Waals surface area contributed by atoms with E-state index in [2.05, 4.69) is 34.1 Å². The topological polar surface area (TPSA) is 61.3 Å². The van der Waals surface area contributed by atoms with Gasteiger partial charge in [0, 0.05) is 16.6 Å². The van der Waals surface area contributed by atoms with Gasteiger partial charge in [-0.2, -0.15) is 0 Å². The second kappa shape index (κ2) is 7.09. The summed E-state index contributed by atoms with van der Waals surface area (Å²) < 4.78 is 12.1. The SMILES string of the molecule is CCC(N)Cc1cc(Br)cc(C)c1OCc1cc(C)on1. The fourth-order valence-corrected chi connectivity index (χ4v) is 2.84. The molecule has 0 aliphatic rings. The van der Waals surface area contributed by atoms with Crippen LogP contribution in [0.15, 0.2) is 27.2 Å². The van der Waals surface area contributed by atoms with Crippen molar-refractivity contribution in [3.8, 4) is 5.75 Å². The lowest BCUT2D eigenvalue weighted by Crippen LogP contribution is -2.22. The van der Waals surface area contributed by atoms with Crippen molar-refractivity contribution in [1.29, 1.82) is 0 Å². The molecule has 0 aliphatic heterocycles. The van der Waals surface area contributed by atoms with Crippen LogP contribution in [0.4, 0.5) is 0 Å². The molecule has 0 amide bonds. The maximum absolute atomic E-state index is 6.09. The molecular formula is C16H21BrN2O2. The van der Waals surface area contributed by atoms with Gasteiger partial charge in [-0.05, 0) is 49.9 Å². The Bertz CT molecular complexity index is 610. The lowest BCUT2D eigenvalue weighted by Gasteiger charge is -2.16. The number of halogens is 1. The number of nitrogens with zero attached hydrogens (tertiary/aromatic N) is 1. The minimum atomic E-state index is 0.135. The fourth-order valence-electron chi connectivity index (χ4n) is 2.22. The molecule has 0 spiro atoms. The van der Waals surface area contributed by atoms with E-state index in [1.807, 2.05) is 26.0 Å². The van der Waals surface area contributed by atoms with Gasteiger partial charge in [0.25, 0.3) is 0 Å². The zero-order chi connectivity index (χ0) is 15.4. The van der Waals surface area contributed by atoms with Gasteiger partial charge in [0.1, 0.15) is 23.8 Å². The van der Waals surface area contributed by atoms with Crippen LogP contribution in [0.5, 0.6) is 5.75 Å². The number of rotatable bonds is 6. The van der Waals surface area contributed by atoms with Crippen LogP contribution >= 0.6 is 15.9 Å². The third-order valence-electron chi connectivity index (χ3n) is 3.36. The highest BCUT2D eigenvalue weighted by Crippen LogP contribution is 2.30. The van der Waals surface area contributed by atoms with E-state index in [0.29, 0.717) is 6.61 Å². The normalized spacial score (nSPS) is 12.4. The molecule has 2 N–H and O–H groups in total.